The molecule has 0 atom stereocenters. The molecule has 2 heterocycles. The molecule has 2 aromatic heterocycles. The SMILES string of the molecule is CC(C)N(CC1CC1)c1nc(N)nc(-n2cccn2)n1. The number of hydrogen-bond acceptors (Lipinski definition) is 6. The van der Waals surface area contributed by atoms with Crippen LogP contribution in [0.25, 0.3) is 5.95 Å². The predicted octanol–water partition coefficient (Wildman–Crippen LogP) is 1.26. The van der Waals surface area contributed by atoms with Crippen LogP contribution >= 0.6 is 0 Å². The van der Waals surface area contributed by atoms with E-state index in [1.54, 1.807) is 17.1 Å². The smallest absolute Gasteiger partial charge is 0.257 e. The van der Waals surface area contributed by atoms with Gasteiger partial charge in [-0.2, -0.15) is 20.1 Å². The minimum Gasteiger partial charge on any atom is -0.368 e. The first kappa shape index (κ1) is 12.8. The van der Waals surface area contributed by atoms with Crippen LogP contribution in [-0.4, -0.2) is 37.3 Å². The molecule has 1 aliphatic carbocycles. The number of nitrogens with zero attached hydrogens (tertiary/aromatic N) is 6. The zero-order valence-corrected chi connectivity index (χ0v) is 11.8. The van der Waals surface area contributed by atoms with Gasteiger partial charge in [0, 0.05) is 25.0 Å². The van der Waals surface area contributed by atoms with Crippen molar-refractivity contribution in [1.82, 2.24) is 24.7 Å². The fourth-order valence-electron chi connectivity index (χ4n) is 2.09. The quantitative estimate of drug-likeness (QED) is 0.882. The highest BCUT2D eigenvalue weighted by Crippen LogP contribution is 2.31. The number of hydrogen-bond donors (Lipinski definition) is 1. The number of anilines is 2. The second-order valence-electron chi connectivity index (χ2n) is 5.43. The number of aromatic nitrogens is 5. The first-order valence-electron chi connectivity index (χ1n) is 6.91. The van der Waals surface area contributed by atoms with E-state index in [4.69, 9.17) is 5.73 Å². The van der Waals surface area contributed by atoms with Crippen LogP contribution in [0.3, 0.4) is 0 Å². The maximum Gasteiger partial charge on any atom is 0.257 e. The average molecular weight is 273 g/mol. The molecule has 20 heavy (non-hydrogen) atoms. The molecule has 0 saturated heterocycles. The summed E-state index contributed by atoms with van der Waals surface area (Å²) < 4.78 is 1.59. The molecule has 1 saturated carbocycles. The van der Waals surface area contributed by atoms with Crippen LogP contribution in [0.15, 0.2) is 18.5 Å². The van der Waals surface area contributed by atoms with Gasteiger partial charge in [-0.1, -0.05) is 0 Å². The molecule has 1 aliphatic rings. The molecule has 106 valence electrons. The average Bonchev–Trinajstić information content (AvgIpc) is 3.05. The van der Waals surface area contributed by atoms with Gasteiger partial charge in [0.05, 0.1) is 0 Å². The van der Waals surface area contributed by atoms with E-state index in [0.29, 0.717) is 17.9 Å². The minimum atomic E-state index is 0.224. The molecule has 0 aromatic carbocycles. The minimum absolute atomic E-state index is 0.224. The lowest BCUT2D eigenvalue weighted by Crippen LogP contribution is -2.34. The predicted molar refractivity (Wildman–Crippen MR) is 76.6 cm³/mol. The van der Waals surface area contributed by atoms with Gasteiger partial charge in [0.2, 0.25) is 11.9 Å². The lowest BCUT2D eigenvalue weighted by molar-refractivity contribution is 0.622. The first-order valence-corrected chi connectivity index (χ1v) is 6.91. The fourth-order valence-corrected chi connectivity index (χ4v) is 2.09. The summed E-state index contributed by atoms with van der Waals surface area (Å²) >= 11 is 0. The molecule has 0 amide bonds. The van der Waals surface area contributed by atoms with Crippen molar-refractivity contribution in [2.24, 2.45) is 5.92 Å². The maximum atomic E-state index is 5.82. The van der Waals surface area contributed by atoms with E-state index in [2.05, 4.69) is 38.8 Å². The summed E-state index contributed by atoms with van der Waals surface area (Å²) in [5.41, 5.74) is 5.82. The van der Waals surface area contributed by atoms with Gasteiger partial charge in [-0.3, -0.25) is 0 Å². The van der Waals surface area contributed by atoms with Crippen molar-refractivity contribution in [3.05, 3.63) is 18.5 Å². The van der Waals surface area contributed by atoms with Gasteiger partial charge in [0.15, 0.2) is 0 Å². The van der Waals surface area contributed by atoms with Crippen molar-refractivity contribution in [2.75, 3.05) is 17.2 Å². The van der Waals surface area contributed by atoms with Gasteiger partial charge in [0.1, 0.15) is 0 Å². The van der Waals surface area contributed by atoms with E-state index in [0.717, 1.165) is 12.5 Å². The van der Waals surface area contributed by atoms with Gasteiger partial charge >= 0.3 is 0 Å². The molecule has 0 unspecified atom stereocenters. The Morgan fingerprint density at radius 3 is 2.75 bits per heavy atom. The molecule has 2 N–H and O–H groups in total. The molecule has 2 aromatic rings. The molecule has 0 aliphatic heterocycles. The van der Waals surface area contributed by atoms with Crippen molar-refractivity contribution < 1.29 is 0 Å². The Balaban J connectivity index is 1.94. The fraction of sp³-hybridized carbons (Fsp3) is 0.538. The van der Waals surface area contributed by atoms with Crippen LogP contribution in [-0.2, 0) is 0 Å². The highest BCUT2D eigenvalue weighted by Gasteiger charge is 2.27. The Kier molecular flexibility index (Phi) is 3.25. The topological polar surface area (TPSA) is 85.8 Å². The molecule has 0 bridgehead atoms. The molecule has 3 rings (SSSR count). The summed E-state index contributed by atoms with van der Waals surface area (Å²) in [5.74, 6) is 2.06. The molecular weight excluding hydrogens is 254 g/mol. The summed E-state index contributed by atoms with van der Waals surface area (Å²) in [5, 5.41) is 4.14. The van der Waals surface area contributed by atoms with Crippen molar-refractivity contribution in [3.8, 4) is 5.95 Å². The molecule has 0 radical (unpaired) electrons. The second-order valence-corrected chi connectivity index (χ2v) is 5.43. The summed E-state index contributed by atoms with van der Waals surface area (Å²) in [6, 6.07) is 2.15. The van der Waals surface area contributed by atoms with Gasteiger partial charge in [-0.05, 0) is 38.7 Å². The molecule has 0 spiro atoms. The van der Waals surface area contributed by atoms with Crippen LogP contribution in [0.4, 0.5) is 11.9 Å². The van der Waals surface area contributed by atoms with Crippen molar-refractivity contribution in [2.45, 2.75) is 32.7 Å². The molecular formula is C13H19N7. The normalized spacial score (nSPS) is 14.8. The largest absolute Gasteiger partial charge is 0.368 e. The third-order valence-electron chi connectivity index (χ3n) is 3.37. The van der Waals surface area contributed by atoms with Crippen molar-refractivity contribution >= 4 is 11.9 Å². The lowest BCUT2D eigenvalue weighted by Gasteiger charge is -2.26. The summed E-state index contributed by atoms with van der Waals surface area (Å²) in [6.45, 7) is 5.24. The van der Waals surface area contributed by atoms with Gasteiger partial charge in [-0.15, -0.1) is 0 Å². The van der Waals surface area contributed by atoms with Crippen LogP contribution in [0.1, 0.15) is 26.7 Å². The molecule has 7 nitrogen and oxygen atoms in total. The number of nitrogens with two attached hydrogens (primary N) is 1. The number of rotatable bonds is 5. The zero-order chi connectivity index (χ0) is 14.1. The Morgan fingerprint density at radius 1 is 1.35 bits per heavy atom. The van der Waals surface area contributed by atoms with Gasteiger partial charge in [-0.25, -0.2) is 4.68 Å². The summed E-state index contributed by atoms with van der Waals surface area (Å²) in [7, 11) is 0. The van der Waals surface area contributed by atoms with E-state index in [1.807, 2.05) is 6.07 Å². The van der Waals surface area contributed by atoms with Crippen LogP contribution in [0.2, 0.25) is 0 Å². The van der Waals surface area contributed by atoms with Crippen LogP contribution in [0, 0.1) is 5.92 Å². The Labute approximate surface area is 117 Å². The van der Waals surface area contributed by atoms with Crippen LogP contribution < -0.4 is 10.6 Å². The van der Waals surface area contributed by atoms with Crippen LogP contribution in [0.5, 0.6) is 0 Å². The zero-order valence-electron chi connectivity index (χ0n) is 11.8. The Morgan fingerprint density at radius 2 is 2.15 bits per heavy atom. The summed E-state index contributed by atoms with van der Waals surface area (Å²) in [6.07, 6.45) is 6.05. The standard InChI is InChI=1S/C13H19N7/c1-9(2)19(8-10-4-5-10)12-16-11(14)17-13(18-12)20-7-3-6-15-20/h3,6-7,9-10H,4-5,8H2,1-2H3,(H2,14,16,17,18). The van der Waals surface area contributed by atoms with Gasteiger partial charge in [0.25, 0.3) is 5.95 Å². The monoisotopic (exact) mass is 273 g/mol. The summed E-state index contributed by atoms with van der Waals surface area (Å²) in [4.78, 5) is 15.1. The van der Waals surface area contributed by atoms with E-state index >= 15 is 0 Å². The molecule has 1 fully saturated rings. The highest BCUT2D eigenvalue weighted by molar-refractivity contribution is 5.38. The highest BCUT2D eigenvalue weighted by atomic mass is 15.4. The van der Waals surface area contributed by atoms with E-state index in [1.165, 1.54) is 12.8 Å². The number of nitrogen functional groups attached to an aromatic ring is 1. The Hall–Kier alpha value is -2.18. The maximum absolute atomic E-state index is 5.82. The van der Waals surface area contributed by atoms with Crippen molar-refractivity contribution in [3.63, 3.8) is 0 Å². The van der Waals surface area contributed by atoms with Gasteiger partial charge < -0.3 is 10.6 Å². The van der Waals surface area contributed by atoms with E-state index in [9.17, 15) is 0 Å². The van der Waals surface area contributed by atoms with Crippen molar-refractivity contribution in [1.29, 1.82) is 0 Å². The molecule has 7 heteroatoms. The Bertz CT molecular complexity index is 574. The lowest BCUT2D eigenvalue weighted by atomic mass is 10.3. The van der Waals surface area contributed by atoms with E-state index < -0.39 is 0 Å². The second kappa shape index (κ2) is 5.07. The third-order valence-corrected chi connectivity index (χ3v) is 3.37. The first-order chi connectivity index (χ1) is 9.63. The van der Waals surface area contributed by atoms with E-state index in [-0.39, 0.29) is 5.95 Å². The third kappa shape index (κ3) is 2.71.